The van der Waals surface area contributed by atoms with Crippen molar-refractivity contribution in [1.82, 2.24) is 0 Å². The first-order valence-electron chi connectivity index (χ1n) is 8.57. The van der Waals surface area contributed by atoms with Gasteiger partial charge >= 0.3 is 0 Å². The number of methoxy groups -OCH3 is 1. The summed E-state index contributed by atoms with van der Waals surface area (Å²) in [5.74, 6) is 0.658. The number of furan rings is 1. The molecule has 0 spiro atoms. The Hall–Kier alpha value is -3.74. The smallest absolute Gasteiger partial charge is 0.291 e. The maximum absolute atomic E-state index is 12.1. The summed E-state index contributed by atoms with van der Waals surface area (Å²) in [7, 11) is 1.54. The second-order valence-electron chi connectivity index (χ2n) is 6.00. The Morgan fingerprint density at radius 1 is 1.04 bits per heavy atom. The number of aryl methyl sites for hydroxylation is 1. The molecule has 0 saturated carbocycles. The van der Waals surface area contributed by atoms with Gasteiger partial charge in [-0.3, -0.25) is 9.59 Å². The van der Waals surface area contributed by atoms with Crippen LogP contribution in [0.3, 0.4) is 0 Å². The van der Waals surface area contributed by atoms with Gasteiger partial charge in [0.05, 0.1) is 19.1 Å². The quantitative estimate of drug-likeness (QED) is 0.649. The first-order chi connectivity index (χ1) is 13.5. The Balaban J connectivity index is 1.52. The second kappa shape index (κ2) is 8.77. The molecule has 2 N–H and O–H groups in total. The molecule has 0 aliphatic rings. The molecule has 2 amide bonds. The van der Waals surface area contributed by atoms with E-state index in [1.54, 1.807) is 49.6 Å². The van der Waals surface area contributed by atoms with Gasteiger partial charge in [0, 0.05) is 5.69 Å². The molecule has 0 bridgehead atoms. The molecule has 0 aliphatic heterocycles. The third kappa shape index (κ3) is 4.91. The third-order valence-electron chi connectivity index (χ3n) is 3.86. The number of rotatable bonds is 7. The molecule has 0 aliphatic carbocycles. The van der Waals surface area contributed by atoms with Crippen LogP contribution in [0.5, 0.6) is 11.5 Å². The van der Waals surface area contributed by atoms with E-state index in [0.717, 1.165) is 5.56 Å². The van der Waals surface area contributed by atoms with E-state index >= 15 is 0 Å². The second-order valence-corrected chi connectivity index (χ2v) is 6.00. The highest BCUT2D eigenvalue weighted by Gasteiger charge is 2.10. The fourth-order valence-electron chi connectivity index (χ4n) is 2.49. The average Bonchev–Trinajstić information content (AvgIpc) is 3.23. The van der Waals surface area contributed by atoms with E-state index in [9.17, 15) is 9.59 Å². The van der Waals surface area contributed by atoms with Crippen molar-refractivity contribution in [3.63, 3.8) is 0 Å². The van der Waals surface area contributed by atoms with Crippen molar-refractivity contribution in [2.75, 3.05) is 24.4 Å². The van der Waals surface area contributed by atoms with Crippen LogP contribution < -0.4 is 20.1 Å². The van der Waals surface area contributed by atoms with Gasteiger partial charge in [-0.05, 0) is 61.0 Å². The lowest BCUT2D eigenvalue weighted by Gasteiger charge is -2.12. The van der Waals surface area contributed by atoms with Gasteiger partial charge in [-0.1, -0.05) is 6.07 Å². The maximum atomic E-state index is 12.1. The van der Waals surface area contributed by atoms with Gasteiger partial charge in [-0.25, -0.2) is 0 Å². The summed E-state index contributed by atoms with van der Waals surface area (Å²) >= 11 is 0. The normalized spacial score (nSPS) is 10.2. The number of benzene rings is 2. The Kier molecular flexibility index (Phi) is 5.96. The molecular weight excluding hydrogens is 360 g/mol. The summed E-state index contributed by atoms with van der Waals surface area (Å²) in [5, 5.41) is 5.47. The number of hydrogen-bond donors (Lipinski definition) is 2. The van der Waals surface area contributed by atoms with Crippen molar-refractivity contribution >= 4 is 23.2 Å². The number of carbonyl (C=O) groups excluding carboxylic acids is 2. The van der Waals surface area contributed by atoms with Gasteiger partial charge in [0.1, 0.15) is 11.5 Å². The van der Waals surface area contributed by atoms with E-state index in [1.165, 1.54) is 6.26 Å². The SMILES string of the molecule is COc1ccc(C)cc1NC(=O)COc1ccc(NC(=O)c2ccco2)cc1. The van der Waals surface area contributed by atoms with E-state index in [2.05, 4.69) is 10.6 Å². The molecule has 1 aromatic heterocycles. The average molecular weight is 380 g/mol. The summed E-state index contributed by atoms with van der Waals surface area (Å²) in [6, 6.07) is 15.4. The molecule has 1 heterocycles. The van der Waals surface area contributed by atoms with Crippen LogP contribution in [0.15, 0.2) is 65.3 Å². The Bertz CT molecular complexity index is 949. The zero-order valence-corrected chi connectivity index (χ0v) is 15.5. The highest BCUT2D eigenvalue weighted by Crippen LogP contribution is 2.25. The van der Waals surface area contributed by atoms with Crippen LogP contribution in [0.2, 0.25) is 0 Å². The summed E-state index contributed by atoms with van der Waals surface area (Å²) < 4.78 is 15.8. The summed E-state index contributed by atoms with van der Waals surface area (Å²) in [5.41, 5.74) is 2.18. The van der Waals surface area contributed by atoms with E-state index in [0.29, 0.717) is 22.9 Å². The monoisotopic (exact) mass is 380 g/mol. The topological polar surface area (TPSA) is 89.8 Å². The van der Waals surface area contributed by atoms with E-state index < -0.39 is 0 Å². The van der Waals surface area contributed by atoms with Crippen molar-refractivity contribution in [2.24, 2.45) is 0 Å². The molecule has 3 rings (SSSR count). The minimum absolute atomic E-state index is 0.158. The molecular formula is C21H20N2O5. The fourth-order valence-corrected chi connectivity index (χ4v) is 2.49. The fraction of sp³-hybridized carbons (Fsp3) is 0.143. The van der Waals surface area contributed by atoms with Crippen LogP contribution in [0.1, 0.15) is 16.1 Å². The van der Waals surface area contributed by atoms with Gasteiger partial charge in [0.15, 0.2) is 12.4 Å². The zero-order valence-electron chi connectivity index (χ0n) is 15.5. The molecule has 144 valence electrons. The van der Waals surface area contributed by atoms with Gasteiger partial charge < -0.3 is 24.5 Å². The maximum Gasteiger partial charge on any atom is 0.291 e. The number of anilines is 2. The summed E-state index contributed by atoms with van der Waals surface area (Å²) in [4.78, 5) is 24.1. The molecule has 7 nitrogen and oxygen atoms in total. The molecule has 28 heavy (non-hydrogen) atoms. The number of carbonyl (C=O) groups is 2. The van der Waals surface area contributed by atoms with Crippen LogP contribution in [0.25, 0.3) is 0 Å². The molecule has 0 radical (unpaired) electrons. The summed E-state index contributed by atoms with van der Waals surface area (Å²) in [6.07, 6.45) is 1.43. The Labute approximate surface area is 162 Å². The standard InChI is InChI=1S/C21H20N2O5/c1-14-5-10-18(26-2)17(12-14)23-20(24)13-28-16-8-6-15(7-9-16)22-21(25)19-4-3-11-27-19/h3-12H,13H2,1-2H3,(H,22,25)(H,23,24). The number of amides is 2. The number of nitrogens with one attached hydrogen (secondary N) is 2. The van der Waals surface area contributed by atoms with Crippen LogP contribution in [-0.2, 0) is 4.79 Å². The number of hydrogen-bond acceptors (Lipinski definition) is 5. The highest BCUT2D eigenvalue weighted by molar-refractivity contribution is 6.02. The Morgan fingerprint density at radius 3 is 2.50 bits per heavy atom. The van der Waals surface area contributed by atoms with Crippen LogP contribution in [0.4, 0.5) is 11.4 Å². The van der Waals surface area contributed by atoms with Gasteiger partial charge in [0.25, 0.3) is 11.8 Å². The zero-order chi connectivity index (χ0) is 19.9. The number of ether oxygens (including phenoxy) is 2. The predicted molar refractivity (Wildman–Crippen MR) is 105 cm³/mol. The first-order valence-corrected chi connectivity index (χ1v) is 8.57. The van der Waals surface area contributed by atoms with Crippen molar-refractivity contribution in [1.29, 1.82) is 0 Å². The van der Waals surface area contributed by atoms with Crippen LogP contribution in [0, 0.1) is 6.92 Å². The van der Waals surface area contributed by atoms with Crippen molar-refractivity contribution in [3.8, 4) is 11.5 Å². The molecule has 0 atom stereocenters. The minimum atomic E-state index is -0.342. The van der Waals surface area contributed by atoms with Crippen LogP contribution >= 0.6 is 0 Å². The minimum Gasteiger partial charge on any atom is -0.495 e. The van der Waals surface area contributed by atoms with E-state index in [-0.39, 0.29) is 24.2 Å². The molecule has 3 aromatic rings. The predicted octanol–water partition coefficient (Wildman–Crippen LogP) is 3.87. The lowest BCUT2D eigenvalue weighted by molar-refractivity contribution is -0.118. The first kappa shape index (κ1) is 19.0. The third-order valence-corrected chi connectivity index (χ3v) is 3.86. The van der Waals surface area contributed by atoms with Crippen molar-refractivity contribution < 1.29 is 23.5 Å². The van der Waals surface area contributed by atoms with Crippen LogP contribution in [-0.4, -0.2) is 25.5 Å². The van der Waals surface area contributed by atoms with Gasteiger partial charge in [-0.2, -0.15) is 0 Å². The van der Waals surface area contributed by atoms with Gasteiger partial charge in [-0.15, -0.1) is 0 Å². The molecule has 0 fully saturated rings. The van der Waals surface area contributed by atoms with Gasteiger partial charge in [0.2, 0.25) is 0 Å². The van der Waals surface area contributed by atoms with Crippen molar-refractivity contribution in [2.45, 2.75) is 6.92 Å². The molecule has 0 unspecified atom stereocenters. The Morgan fingerprint density at radius 2 is 1.82 bits per heavy atom. The lowest BCUT2D eigenvalue weighted by atomic mass is 10.2. The largest absolute Gasteiger partial charge is 0.495 e. The molecule has 7 heteroatoms. The molecule has 0 saturated heterocycles. The van der Waals surface area contributed by atoms with E-state index in [4.69, 9.17) is 13.9 Å². The molecule has 2 aromatic carbocycles. The van der Waals surface area contributed by atoms with E-state index in [1.807, 2.05) is 19.1 Å². The van der Waals surface area contributed by atoms with Crippen molar-refractivity contribution in [3.05, 3.63) is 72.2 Å². The lowest BCUT2D eigenvalue weighted by Crippen LogP contribution is -2.20. The highest BCUT2D eigenvalue weighted by atomic mass is 16.5. The summed E-state index contributed by atoms with van der Waals surface area (Å²) in [6.45, 7) is 1.77.